The van der Waals surface area contributed by atoms with Crippen molar-refractivity contribution >= 4 is 33.0 Å². The average molecular weight is 668 g/mol. The molecule has 7 aromatic carbocycles. The number of H-pyrrole nitrogens is 1. The van der Waals surface area contributed by atoms with E-state index in [1.807, 2.05) is 72.8 Å². The molecule has 0 bridgehead atoms. The second kappa shape index (κ2) is 12.3. The zero-order valence-electron chi connectivity index (χ0n) is 27.9. The third-order valence-corrected chi connectivity index (χ3v) is 9.51. The number of rotatable bonds is 6. The molecule has 0 fully saturated rings. The minimum atomic E-state index is 0.590. The molecule has 52 heavy (non-hydrogen) atoms. The lowest BCUT2D eigenvalue weighted by Crippen LogP contribution is -2.00. The van der Waals surface area contributed by atoms with E-state index in [2.05, 4.69) is 102 Å². The number of hydrogen-bond acceptors (Lipinski definition) is 5. The van der Waals surface area contributed by atoms with Gasteiger partial charge in [-0.15, -0.1) is 0 Å². The van der Waals surface area contributed by atoms with Gasteiger partial charge in [-0.2, -0.15) is 0 Å². The standard InChI is InChI=1S/C46H29N5O/c1-3-11-29(12-4-1)33-15-9-16-35(27-33)45-49-44(31-13-5-2-6-14-31)50-46(51-45)37-17-10-20-40-42(37)36-26-25-34(28-41(36)52-40)30-21-23-32(24-22-30)43-47-38-18-7-8-19-39(38)48-43/h1-28H,(H,47,48). The van der Waals surface area contributed by atoms with Gasteiger partial charge in [-0.05, 0) is 58.7 Å². The molecular formula is C46H29N5O. The largest absolute Gasteiger partial charge is 0.456 e. The minimum absolute atomic E-state index is 0.590. The lowest BCUT2D eigenvalue weighted by atomic mass is 10.0. The van der Waals surface area contributed by atoms with E-state index in [1.54, 1.807) is 0 Å². The SMILES string of the molecule is c1ccc(-c2cccc(-c3nc(-c4ccccc4)nc(-c4cccc5oc6cc(-c7ccc(-c8nc9ccccc9[nH]8)cc7)ccc6c45)n3)c2)cc1. The molecule has 10 rings (SSSR count). The number of aromatic amines is 1. The Morgan fingerprint density at radius 2 is 0.981 bits per heavy atom. The van der Waals surface area contributed by atoms with Gasteiger partial charge in [0.2, 0.25) is 0 Å². The fourth-order valence-corrected chi connectivity index (χ4v) is 6.91. The number of aromatic nitrogens is 5. The van der Waals surface area contributed by atoms with Crippen LogP contribution in [0, 0.1) is 0 Å². The molecule has 0 aliphatic rings. The van der Waals surface area contributed by atoms with Crippen LogP contribution < -0.4 is 0 Å². The van der Waals surface area contributed by atoms with Crippen LogP contribution in [0.1, 0.15) is 0 Å². The van der Waals surface area contributed by atoms with E-state index in [-0.39, 0.29) is 0 Å². The molecule has 10 aromatic rings. The van der Waals surface area contributed by atoms with Gasteiger partial charge >= 0.3 is 0 Å². The summed E-state index contributed by atoms with van der Waals surface area (Å²) in [6.07, 6.45) is 0. The first-order valence-electron chi connectivity index (χ1n) is 17.2. The van der Waals surface area contributed by atoms with Crippen LogP contribution >= 0.6 is 0 Å². The Balaban J connectivity index is 1.06. The summed E-state index contributed by atoms with van der Waals surface area (Å²) in [6.45, 7) is 0. The molecule has 0 unspecified atom stereocenters. The highest BCUT2D eigenvalue weighted by molar-refractivity contribution is 6.12. The lowest BCUT2D eigenvalue weighted by Gasteiger charge is -2.10. The normalized spacial score (nSPS) is 11.5. The molecule has 0 atom stereocenters. The van der Waals surface area contributed by atoms with Crippen molar-refractivity contribution in [2.24, 2.45) is 0 Å². The van der Waals surface area contributed by atoms with Crippen LogP contribution in [0.25, 0.3) is 101 Å². The number of nitrogens with one attached hydrogen (secondary N) is 1. The number of nitrogens with zero attached hydrogens (tertiary/aromatic N) is 4. The molecule has 3 heterocycles. The van der Waals surface area contributed by atoms with Crippen molar-refractivity contribution in [1.29, 1.82) is 0 Å². The molecule has 0 saturated carbocycles. The zero-order chi connectivity index (χ0) is 34.4. The maximum Gasteiger partial charge on any atom is 0.164 e. The number of hydrogen-bond donors (Lipinski definition) is 1. The van der Waals surface area contributed by atoms with Crippen molar-refractivity contribution < 1.29 is 4.42 Å². The molecule has 0 aliphatic carbocycles. The van der Waals surface area contributed by atoms with E-state index in [9.17, 15) is 0 Å². The molecule has 0 spiro atoms. The fraction of sp³-hybridized carbons (Fsp3) is 0. The Hall–Kier alpha value is -7.18. The van der Waals surface area contributed by atoms with E-state index in [4.69, 9.17) is 24.4 Å². The molecule has 1 N–H and O–H groups in total. The Labute approximate surface area is 299 Å². The number of para-hydroxylation sites is 2. The average Bonchev–Trinajstić information content (AvgIpc) is 3.83. The molecule has 244 valence electrons. The highest BCUT2D eigenvalue weighted by atomic mass is 16.3. The second-order valence-corrected chi connectivity index (χ2v) is 12.8. The molecule has 0 saturated heterocycles. The summed E-state index contributed by atoms with van der Waals surface area (Å²) in [5, 5.41) is 1.97. The summed E-state index contributed by atoms with van der Waals surface area (Å²) in [6, 6.07) is 57.8. The topological polar surface area (TPSA) is 80.5 Å². The van der Waals surface area contributed by atoms with Crippen molar-refractivity contribution in [3.8, 4) is 67.8 Å². The Morgan fingerprint density at radius 3 is 1.79 bits per heavy atom. The summed E-state index contributed by atoms with van der Waals surface area (Å²) in [5.41, 5.74) is 11.7. The number of fused-ring (bicyclic) bond motifs is 4. The Bertz CT molecular complexity index is 2860. The highest BCUT2D eigenvalue weighted by Gasteiger charge is 2.18. The van der Waals surface area contributed by atoms with Crippen LogP contribution in [0.4, 0.5) is 0 Å². The van der Waals surface area contributed by atoms with Gasteiger partial charge in [0.1, 0.15) is 17.0 Å². The predicted molar refractivity (Wildman–Crippen MR) is 209 cm³/mol. The first-order chi connectivity index (χ1) is 25.7. The van der Waals surface area contributed by atoms with Crippen molar-refractivity contribution in [2.75, 3.05) is 0 Å². The predicted octanol–water partition coefficient (Wildman–Crippen LogP) is 11.6. The van der Waals surface area contributed by atoms with Gasteiger partial charge in [0.25, 0.3) is 0 Å². The van der Waals surface area contributed by atoms with Gasteiger partial charge in [0.15, 0.2) is 17.5 Å². The first kappa shape index (κ1) is 29.7. The van der Waals surface area contributed by atoms with Crippen LogP contribution in [-0.2, 0) is 0 Å². The molecular weight excluding hydrogens is 639 g/mol. The molecule has 3 aromatic heterocycles. The Morgan fingerprint density at radius 1 is 0.385 bits per heavy atom. The van der Waals surface area contributed by atoms with Gasteiger partial charge in [0.05, 0.1) is 11.0 Å². The maximum atomic E-state index is 6.51. The van der Waals surface area contributed by atoms with Crippen molar-refractivity contribution in [2.45, 2.75) is 0 Å². The maximum absolute atomic E-state index is 6.51. The quantitative estimate of drug-likeness (QED) is 0.191. The van der Waals surface area contributed by atoms with E-state index in [0.29, 0.717) is 17.5 Å². The molecule has 0 amide bonds. The van der Waals surface area contributed by atoms with E-state index in [0.717, 1.165) is 83.3 Å². The third kappa shape index (κ3) is 5.30. The van der Waals surface area contributed by atoms with Crippen LogP contribution in [0.15, 0.2) is 174 Å². The van der Waals surface area contributed by atoms with Gasteiger partial charge in [-0.25, -0.2) is 19.9 Å². The Kier molecular flexibility index (Phi) is 7.03. The molecule has 0 radical (unpaired) electrons. The van der Waals surface area contributed by atoms with E-state index < -0.39 is 0 Å². The molecule has 0 aliphatic heterocycles. The van der Waals surface area contributed by atoms with Gasteiger partial charge < -0.3 is 9.40 Å². The summed E-state index contributed by atoms with van der Waals surface area (Å²) < 4.78 is 6.51. The summed E-state index contributed by atoms with van der Waals surface area (Å²) in [5.74, 6) is 2.67. The monoisotopic (exact) mass is 667 g/mol. The van der Waals surface area contributed by atoms with Crippen LogP contribution in [-0.4, -0.2) is 24.9 Å². The summed E-state index contributed by atoms with van der Waals surface area (Å²) >= 11 is 0. The van der Waals surface area contributed by atoms with Crippen LogP contribution in [0.2, 0.25) is 0 Å². The van der Waals surface area contributed by atoms with Crippen molar-refractivity contribution in [3.05, 3.63) is 170 Å². The van der Waals surface area contributed by atoms with Gasteiger partial charge in [-0.3, -0.25) is 0 Å². The highest BCUT2D eigenvalue weighted by Crippen LogP contribution is 2.38. The fourth-order valence-electron chi connectivity index (χ4n) is 6.91. The lowest BCUT2D eigenvalue weighted by molar-refractivity contribution is 0.669. The van der Waals surface area contributed by atoms with E-state index >= 15 is 0 Å². The first-order valence-corrected chi connectivity index (χ1v) is 17.2. The van der Waals surface area contributed by atoms with E-state index in [1.165, 1.54) is 0 Å². The second-order valence-electron chi connectivity index (χ2n) is 12.8. The van der Waals surface area contributed by atoms with Crippen LogP contribution in [0.3, 0.4) is 0 Å². The minimum Gasteiger partial charge on any atom is -0.456 e. The van der Waals surface area contributed by atoms with Crippen molar-refractivity contribution in [1.82, 2.24) is 24.9 Å². The van der Waals surface area contributed by atoms with Crippen molar-refractivity contribution in [3.63, 3.8) is 0 Å². The summed E-state index contributed by atoms with van der Waals surface area (Å²) in [7, 11) is 0. The molecule has 6 heteroatoms. The number of furan rings is 1. The number of imidazole rings is 1. The third-order valence-electron chi connectivity index (χ3n) is 9.51. The zero-order valence-corrected chi connectivity index (χ0v) is 27.9. The summed E-state index contributed by atoms with van der Waals surface area (Å²) in [4.78, 5) is 23.3. The van der Waals surface area contributed by atoms with Crippen LogP contribution in [0.5, 0.6) is 0 Å². The molecule has 6 nitrogen and oxygen atoms in total. The smallest absolute Gasteiger partial charge is 0.164 e. The van der Waals surface area contributed by atoms with Gasteiger partial charge in [-0.1, -0.05) is 133 Å². The van der Waals surface area contributed by atoms with Gasteiger partial charge in [0, 0.05) is 33.0 Å². The number of benzene rings is 7.